The number of rotatable bonds is 6. The Labute approximate surface area is 138 Å². The van der Waals surface area contributed by atoms with Crippen molar-refractivity contribution >= 4 is 18.5 Å². The summed E-state index contributed by atoms with van der Waals surface area (Å²) in [5.41, 5.74) is 2.79. The van der Waals surface area contributed by atoms with Crippen molar-refractivity contribution in [2.45, 2.75) is 39.0 Å². The van der Waals surface area contributed by atoms with Crippen LogP contribution >= 0.6 is 0 Å². The molecule has 1 aromatic heterocycles. The van der Waals surface area contributed by atoms with Crippen LogP contribution < -0.4 is 16.0 Å². The summed E-state index contributed by atoms with van der Waals surface area (Å²) in [6.07, 6.45) is 11.8. The van der Waals surface area contributed by atoms with Gasteiger partial charge in [-0.15, -0.1) is 0 Å². The van der Waals surface area contributed by atoms with Crippen LogP contribution in [-0.4, -0.2) is 22.8 Å². The average molecular weight is 310 g/mol. The van der Waals surface area contributed by atoms with Gasteiger partial charge < -0.3 is 9.88 Å². The third-order valence-electron chi connectivity index (χ3n) is 5.09. The number of aromatic nitrogens is 2. The first-order valence-corrected chi connectivity index (χ1v) is 8.31. The highest BCUT2D eigenvalue weighted by atomic mass is 15.1. The molecule has 0 atom stereocenters. The molecule has 1 fully saturated rings. The molecule has 1 saturated carbocycles. The summed E-state index contributed by atoms with van der Waals surface area (Å²) in [5, 5.41) is 5.55. The Morgan fingerprint density at radius 3 is 2.78 bits per heavy atom. The van der Waals surface area contributed by atoms with E-state index in [2.05, 4.69) is 54.3 Å². The maximum Gasteiger partial charge on any atom is 0.115 e. The number of nitrogens with one attached hydrogen (secondary N) is 1. The van der Waals surface area contributed by atoms with Crippen molar-refractivity contribution in [3.05, 3.63) is 41.0 Å². The van der Waals surface area contributed by atoms with Crippen molar-refractivity contribution in [3.63, 3.8) is 0 Å². The second kappa shape index (κ2) is 6.19. The Kier molecular flexibility index (Phi) is 4.24. The fraction of sp³-hybridized carbons (Fsp3) is 0.474. The zero-order valence-electron chi connectivity index (χ0n) is 14.2. The number of imidazole rings is 1. The lowest BCUT2D eigenvalue weighted by Gasteiger charge is -2.38. The van der Waals surface area contributed by atoms with Crippen LogP contribution in [0.25, 0.3) is 11.8 Å². The summed E-state index contributed by atoms with van der Waals surface area (Å²) < 4.78 is 2.16. The highest BCUT2D eigenvalue weighted by molar-refractivity contribution is 5.64. The molecule has 23 heavy (non-hydrogen) atoms. The molecule has 0 aromatic carbocycles. The third-order valence-corrected chi connectivity index (χ3v) is 5.09. The second-order valence-corrected chi connectivity index (χ2v) is 7.06. The van der Waals surface area contributed by atoms with E-state index in [1.54, 1.807) is 6.20 Å². The SMILES string of the molecule is C=N/C=c1/nc(CC(=C)NCC2(C)CCC2)n(C)/c1=C1\C=CC1. The van der Waals surface area contributed by atoms with Crippen LogP contribution in [0.5, 0.6) is 0 Å². The smallest absolute Gasteiger partial charge is 0.115 e. The van der Waals surface area contributed by atoms with E-state index in [4.69, 9.17) is 4.98 Å². The number of nitrogens with zero attached hydrogens (tertiary/aromatic N) is 3. The first-order chi connectivity index (χ1) is 11.0. The summed E-state index contributed by atoms with van der Waals surface area (Å²) in [6.45, 7) is 11.1. The van der Waals surface area contributed by atoms with Crippen LogP contribution in [0, 0.1) is 5.41 Å². The molecule has 4 heteroatoms. The minimum atomic E-state index is 0.452. The van der Waals surface area contributed by atoms with E-state index < -0.39 is 0 Å². The van der Waals surface area contributed by atoms with Gasteiger partial charge >= 0.3 is 0 Å². The van der Waals surface area contributed by atoms with Gasteiger partial charge in [0.25, 0.3) is 0 Å². The Hall–Kier alpha value is -2.10. The fourth-order valence-electron chi connectivity index (χ4n) is 3.24. The molecule has 0 aliphatic heterocycles. The van der Waals surface area contributed by atoms with Crippen molar-refractivity contribution < 1.29 is 0 Å². The molecule has 3 rings (SSSR count). The molecule has 0 bridgehead atoms. The predicted molar refractivity (Wildman–Crippen MR) is 96.4 cm³/mol. The van der Waals surface area contributed by atoms with Gasteiger partial charge in [0.1, 0.15) is 11.2 Å². The molecule has 1 heterocycles. The Morgan fingerprint density at radius 2 is 2.26 bits per heavy atom. The van der Waals surface area contributed by atoms with Gasteiger partial charge in [0.2, 0.25) is 0 Å². The van der Waals surface area contributed by atoms with Crippen molar-refractivity contribution in [2.24, 2.45) is 17.5 Å². The van der Waals surface area contributed by atoms with Gasteiger partial charge in [0, 0.05) is 25.7 Å². The monoisotopic (exact) mass is 310 g/mol. The Balaban J connectivity index is 1.78. The largest absolute Gasteiger partial charge is 0.388 e. The minimum absolute atomic E-state index is 0.452. The van der Waals surface area contributed by atoms with Gasteiger partial charge in [0.15, 0.2) is 0 Å². The van der Waals surface area contributed by atoms with E-state index in [9.17, 15) is 0 Å². The van der Waals surface area contributed by atoms with Crippen LogP contribution in [-0.2, 0) is 13.5 Å². The van der Waals surface area contributed by atoms with E-state index in [0.717, 1.165) is 41.6 Å². The molecule has 122 valence electrons. The zero-order valence-corrected chi connectivity index (χ0v) is 14.2. The van der Waals surface area contributed by atoms with Crippen LogP contribution in [0.4, 0.5) is 0 Å². The van der Waals surface area contributed by atoms with Crippen LogP contribution in [0.3, 0.4) is 0 Å². The summed E-state index contributed by atoms with van der Waals surface area (Å²) in [4.78, 5) is 8.64. The molecular weight excluding hydrogens is 284 g/mol. The van der Waals surface area contributed by atoms with Crippen molar-refractivity contribution in [1.82, 2.24) is 14.9 Å². The first kappa shape index (κ1) is 15.8. The van der Waals surface area contributed by atoms with E-state index in [1.165, 1.54) is 24.8 Å². The van der Waals surface area contributed by atoms with Gasteiger partial charge in [0.05, 0.1) is 11.5 Å². The fourth-order valence-corrected chi connectivity index (χ4v) is 3.24. The molecule has 0 unspecified atom stereocenters. The summed E-state index contributed by atoms with van der Waals surface area (Å²) >= 11 is 0. The van der Waals surface area contributed by atoms with Gasteiger partial charge in [-0.3, -0.25) is 4.99 Å². The van der Waals surface area contributed by atoms with Crippen molar-refractivity contribution in [3.8, 4) is 0 Å². The summed E-state index contributed by atoms with van der Waals surface area (Å²) in [7, 11) is 2.07. The van der Waals surface area contributed by atoms with Crippen LogP contribution in [0.2, 0.25) is 0 Å². The molecular formula is C19H26N4. The van der Waals surface area contributed by atoms with Crippen LogP contribution in [0.1, 0.15) is 38.4 Å². The average Bonchev–Trinajstić information content (AvgIpc) is 2.71. The summed E-state index contributed by atoms with van der Waals surface area (Å²) in [5.74, 6) is 1.01. The molecule has 1 aromatic rings. The van der Waals surface area contributed by atoms with E-state index in [-0.39, 0.29) is 0 Å². The highest BCUT2D eigenvalue weighted by Crippen LogP contribution is 2.39. The standard InChI is InChI=1S/C19H26N4/c1-14(21-13-19(2)9-6-10-19)11-17-22-16(12-20-3)18(23(17)4)15-7-5-8-15/h5,7,12,21H,1,3,6,8-11,13H2,2,4H3/b16-12+,18-15+. The van der Waals surface area contributed by atoms with Gasteiger partial charge in [-0.1, -0.05) is 32.1 Å². The highest BCUT2D eigenvalue weighted by Gasteiger charge is 2.31. The van der Waals surface area contributed by atoms with Gasteiger partial charge in [-0.05, 0) is 37.0 Å². The molecule has 2 aliphatic carbocycles. The normalized spacial score (nSPS) is 21.6. The molecule has 0 spiro atoms. The zero-order chi connectivity index (χ0) is 16.4. The summed E-state index contributed by atoms with van der Waals surface area (Å²) in [6, 6.07) is 0. The quantitative estimate of drug-likeness (QED) is 0.814. The second-order valence-electron chi connectivity index (χ2n) is 7.06. The Bertz CT molecular complexity index is 775. The lowest BCUT2D eigenvalue weighted by atomic mass is 9.70. The van der Waals surface area contributed by atoms with Gasteiger partial charge in [-0.2, -0.15) is 0 Å². The maximum atomic E-state index is 4.74. The lowest BCUT2D eigenvalue weighted by Crippen LogP contribution is -2.37. The predicted octanol–water partition coefficient (Wildman–Crippen LogP) is 1.81. The number of allylic oxidation sites excluding steroid dienone is 3. The molecule has 0 saturated heterocycles. The van der Waals surface area contributed by atoms with Crippen molar-refractivity contribution in [2.75, 3.05) is 6.54 Å². The van der Waals surface area contributed by atoms with Crippen molar-refractivity contribution in [1.29, 1.82) is 0 Å². The van der Waals surface area contributed by atoms with E-state index in [0.29, 0.717) is 5.41 Å². The topological polar surface area (TPSA) is 42.2 Å². The lowest BCUT2D eigenvalue weighted by molar-refractivity contribution is 0.161. The minimum Gasteiger partial charge on any atom is -0.388 e. The molecule has 2 aliphatic rings. The van der Waals surface area contributed by atoms with E-state index >= 15 is 0 Å². The number of hydrogen-bond donors (Lipinski definition) is 1. The molecule has 0 amide bonds. The Morgan fingerprint density at radius 1 is 1.52 bits per heavy atom. The number of aliphatic imine (C=N–C) groups is 1. The van der Waals surface area contributed by atoms with Gasteiger partial charge in [-0.25, -0.2) is 4.98 Å². The maximum absolute atomic E-state index is 4.74. The number of hydrogen-bond acceptors (Lipinski definition) is 3. The van der Waals surface area contributed by atoms with Crippen LogP contribution in [0.15, 0.2) is 29.4 Å². The third kappa shape index (κ3) is 3.16. The first-order valence-electron chi connectivity index (χ1n) is 8.31. The molecule has 0 radical (unpaired) electrons. The molecule has 4 nitrogen and oxygen atoms in total. The van der Waals surface area contributed by atoms with E-state index in [1.807, 2.05) is 0 Å². The molecule has 1 N–H and O–H groups in total.